The van der Waals surface area contributed by atoms with Crippen molar-refractivity contribution in [2.75, 3.05) is 0 Å². The van der Waals surface area contributed by atoms with Gasteiger partial charge in [0.25, 0.3) is 0 Å². The molecular formula is C11H22ClNO. The fraction of sp³-hybridized carbons (Fsp3) is 0.909. The van der Waals surface area contributed by atoms with Crippen molar-refractivity contribution >= 4 is 18.3 Å². The molecule has 1 fully saturated rings. The second-order valence-corrected chi connectivity index (χ2v) is 4.31. The standard InChI is InChI=1S/C11H21NO.ClH/c1-2-3-7-11(10(12)13)8-5-4-6-9-11;/h2-9H2,1H3,(H2,12,13);1H. The Balaban J connectivity index is 0.00000169. The zero-order valence-electron chi connectivity index (χ0n) is 9.05. The van der Waals surface area contributed by atoms with Crippen LogP contribution in [0.4, 0.5) is 0 Å². The normalized spacial score (nSPS) is 19.8. The molecule has 0 saturated heterocycles. The van der Waals surface area contributed by atoms with E-state index in [1.807, 2.05) is 0 Å². The van der Waals surface area contributed by atoms with Crippen LogP contribution in [0.25, 0.3) is 0 Å². The molecule has 0 heterocycles. The molecule has 1 amide bonds. The molecule has 14 heavy (non-hydrogen) atoms. The molecule has 0 aromatic heterocycles. The number of nitrogens with two attached hydrogens (primary N) is 1. The third-order valence-corrected chi connectivity index (χ3v) is 3.34. The molecule has 0 aromatic rings. The van der Waals surface area contributed by atoms with Crippen molar-refractivity contribution in [1.82, 2.24) is 0 Å². The van der Waals surface area contributed by atoms with Crippen molar-refractivity contribution in [2.24, 2.45) is 11.1 Å². The van der Waals surface area contributed by atoms with Gasteiger partial charge in [0.1, 0.15) is 0 Å². The quantitative estimate of drug-likeness (QED) is 0.776. The lowest BCUT2D eigenvalue weighted by Crippen LogP contribution is -2.38. The van der Waals surface area contributed by atoms with Gasteiger partial charge < -0.3 is 5.73 Å². The van der Waals surface area contributed by atoms with E-state index in [4.69, 9.17) is 5.73 Å². The SMILES string of the molecule is CCCCC1(C(N)=O)CCCCC1.Cl. The summed E-state index contributed by atoms with van der Waals surface area (Å²) in [4.78, 5) is 11.4. The topological polar surface area (TPSA) is 43.1 Å². The molecule has 0 bridgehead atoms. The van der Waals surface area contributed by atoms with E-state index in [2.05, 4.69) is 6.92 Å². The van der Waals surface area contributed by atoms with Crippen LogP contribution in [0.15, 0.2) is 0 Å². The highest BCUT2D eigenvalue weighted by Gasteiger charge is 2.36. The summed E-state index contributed by atoms with van der Waals surface area (Å²) in [5, 5.41) is 0. The number of amides is 1. The number of primary amides is 1. The van der Waals surface area contributed by atoms with Crippen molar-refractivity contribution in [3.8, 4) is 0 Å². The molecule has 1 aliphatic carbocycles. The maximum Gasteiger partial charge on any atom is 0.223 e. The number of carbonyl (C=O) groups excluding carboxylic acids is 1. The van der Waals surface area contributed by atoms with Gasteiger partial charge >= 0.3 is 0 Å². The second kappa shape index (κ2) is 6.28. The van der Waals surface area contributed by atoms with E-state index in [0.717, 1.165) is 32.1 Å². The average molecular weight is 220 g/mol. The Kier molecular flexibility index (Phi) is 6.17. The van der Waals surface area contributed by atoms with Crippen LogP contribution in [0, 0.1) is 5.41 Å². The molecule has 1 rings (SSSR count). The molecule has 0 aliphatic heterocycles. The van der Waals surface area contributed by atoms with E-state index in [1.54, 1.807) is 0 Å². The first-order valence-corrected chi connectivity index (χ1v) is 5.51. The highest BCUT2D eigenvalue weighted by Crippen LogP contribution is 2.40. The van der Waals surface area contributed by atoms with Crippen molar-refractivity contribution in [3.05, 3.63) is 0 Å². The highest BCUT2D eigenvalue weighted by molar-refractivity contribution is 5.85. The molecule has 2 nitrogen and oxygen atoms in total. The van der Waals surface area contributed by atoms with Crippen LogP contribution >= 0.6 is 12.4 Å². The van der Waals surface area contributed by atoms with Crippen LogP contribution in [-0.4, -0.2) is 5.91 Å². The zero-order valence-corrected chi connectivity index (χ0v) is 9.87. The maximum absolute atomic E-state index is 11.4. The number of hydrogen-bond acceptors (Lipinski definition) is 1. The van der Waals surface area contributed by atoms with Gasteiger partial charge in [0.15, 0.2) is 0 Å². The van der Waals surface area contributed by atoms with E-state index >= 15 is 0 Å². The smallest absolute Gasteiger partial charge is 0.223 e. The predicted octanol–water partition coefficient (Wildman–Crippen LogP) is 3.03. The molecule has 3 heteroatoms. The lowest BCUT2D eigenvalue weighted by Gasteiger charge is -2.34. The van der Waals surface area contributed by atoms with Gasteiger partial charge in [-0.25, -0.2) is 0 Å². The molecular weight excluding hydrogens is 198 g/mol. The van der Waals surface area contributed by atoms with Crippen LogP contribution < -0.4 is 5.73 Å². The first-order chi connectivity index (χ1) is 6.21. The molecule has 0 spiro atoms. The van der Waals surface area contributed by atoms with Gasteiger partial charge in [-0.05, 0) is 19.3 Å². The monoisotopic (exact) mass is 219 g/mol. The van der Waals surface area contributed by atoms with Crippen molar-refractivity contribution in [1.29, 1.82) is 0 Å². The first-order valence-electron chi connectivity index (χ1n) is 5.51. The predicted molar refractivity (Wildman–Crippen MR) is 61.5 cm³/mol. The Morgan fingerprint density at radius 2 is 1.86 bits per heavy atom. The molecule has 0 aromatic carbocycles. The van der Waals surface area contributed by atoms with Gasteiger partial charge in [-0.1, -0.05) is 39.0 Å². The minimum absolute atomic E-state index is 0. The van der Waals surface area contributed by atoms with Gasteiger partial charge in [-0.3, -0.25) is 4.79 Å². The van der Waals surface area contributed by atoms with Gasteiger partial charge in [-0.2, -0.15) is 0 Å². The van der Waals surface area contributed by atoms with E-state index in [9.17, 15) is 4.79 Å². The molecule has 0 radical (unpaired) electrons. The first kappa shape index (κ1) is 13.8. The molecule has 0 unspecified atom stereocenters. The van der Waals surface area contributed by atoms with E-state index in [1.165, 1.54) is 19.3 Å². The van der Waals surface area contributed by atoms with E-state index < -0.39 is 0 Å². The summed E-state index contributed by atoms with van der Waals surface area (Å²) in [6.45, 7) is 2.16. The number of halogens is 1. The lowest BCUT2D eigenvalue weighted by atomic mass is 9.70. The fourth-order valence-corrected chi connectivity index (χ4v) is 2.36. The summed E-state index contributed by atoms with van der Waals surface area (Å²) >= 11 is 0. The summed E-state index contributed by atoms with van der Waals surface area (Å²) in [7, 11) is 0. The summed E-state index contributed by atoms with van der Waals surface area (Å²) in [5.74, 6) is -0.0550. The van der Waals surface area contributed by atoms with E-state index in [0.29, 0.717) is 0 Å². The fourth-order valence-electron chi connectivity index (χ4n) is 2.36. The highest BCUT2D eigenvalue weighted by atomic mass is 35.5. The van der Waals surface area contributed by atoms with Gasteiger partial charge in [0.2, 0.25) is 5.91 Å². The summed E-state index contributed by atoms with van der Waals surface area (Å²) in [5.41, 5.74) is 5.37. The maximum atomic E-state index is 11.4. The third kappa shape index (κ3) is 3.16. The van der Waals surface area contributed by atoms with Crippen molar-refractivity contribution in [3.63, 3.8) is 0 Å². The Morgan fingerprint density at radius 1 is 1.29 bits per heavy atom. The molecule has 84 valence electrons. The number of unbranched alkanes of at least 4 members (excludes halogenated alkanes) is 1. The van der Waals surface area contributed by atoms with Crippen LogP contribution in [0.3, 0.4) is 0 Å². The van der Waals surface area contributed by atoms with Crippen LogP contribution in [0.1, 0.15) is 58.3 Å². The Bertz CT molecular complexity index is 176. The minimum atomic E-state index is -0.131. The number of hydrogen-bond donors (Lipinski definition) is 1. The van der Waals surface area contributed by atoms with E-state index in [-0.39, 0.29) is 23.7 Å². The summed E-state index contributed by atoms with van der Waals surface area (Å²) in [6, 6.07) is 0. The second-order valence-electron chi connectivity index (χ2n) is 4.31. The average Bonchev–Trinajstić information content (AvgIpc) is 2.16. The van der Waals surface area contributed by atoms with Gasteiger partial charge in [0, 0.05) is 5.41 Å². The van der Waals surface area contributed by atoms with Crippen LogP contribution in [-0.2, 0) is 4.79 Å². The Morgan fingerprint density at radius 3 is 2.29 bits per heavy atom. The van der Waals surface area contributed by atoms with Crippen molar-refractivity contribution in [2.45, 2.75) is 58.3 Å². The zero-order chi connectivity index (χ0) is 9.73. The minimum Gasteiger partial charge on any atom is -0.369 e. The number of carbonyl (C=O) groups is 1. The number of rotatable bonds is 4. The lowest BCUT2D eigenvalue weighted by molar-refractivity contribution is -0.130. The Hall–Kier alpha value is -0.240. The molecule has 1 aliphatic rings. The van der Waals surface area contributed by atoms with Crippen LogP contribution in [0.2, 0.25) is 0 Å². The third-order valence-electron chi connectivity index (χ3n) is 3.34. The summed E-state index contributed by atoms with van der Waals surface area (Å²) < 4.78 is 0. The van der Waals surface area contributed by atoms with Gasteiger partial charge in [0.05, 0.1) is 0 Å². The largest absolute Gasteiger partial charge is 0.369 e. The molecule has 2 N–H and O–H groups in total. The summed E-state index contributed by atoms with van der Waals surface area (Å²) in [6.07, 6.45) is 9.03. The van der Waals surface area contributed by atoms with Crippen LogP contribution in [0.5, 0.6) is 0 Å². The van der Waals surface area contributed by atoms with Gasteiger partial charge in [-0.15, -0.1) is 12.4 Å². The molecule has 1 saturated carbocycles. The Labute approximate surface area is 93.0 Å². The molecule has 0 atom stereocenters. The van der Waals surface area contributed by atoms with Crippen molar-refractivity contribution < 1.29 is 4.79 Å².